The standard InChI is InChI=1S/C24H27N3O4/c1-3-4-15-27-21-12-8-7-11-19(21)25-20(24(27)30)13-14-23(29)31-16-22(28)26-18-10-6-5-9-17(18)2/h5-12H,3-4,13-16H2,1-2H3,(H,26,28). The second kappa shape index (κ2) is 10.5. The summed E-state index contributed by atoms with van der Waals surface area (Å²) in [5.41, 5.74) is 3.26. The third-order valence-electron chi connectivity index (χ3n) is 5.00. The van der Waals surface area contributed by atoms with Gasteiger partial charge in [0.25, 0.3) is 11.5 Å². The predicted molar refractivity (Wildman–Crippen MR) is 120 cm³/mol. The Kier molecular flexibility index (Phi) is 7.54. The van der Waals surface area contributed by atoms with Crippen LogP contribution in [0.4, 0.5) is 5.69 Å². The van der Waals surface area contributed by atoms with Gasteiger partial charge in [0.05, 0.1) is 17.5 Å². The maximum Gasteiger partial charge on any atom is 0.306 e. The Morgan fingerprint density at radius 1 is 1.10 bits per heavy atom. The van der Waals surface area contributed by atoms with E-state index in [4.69, 9.17) is 4.74 Å². The SMILES string of the molecule is CCCCn1c(=O)c(CCC(=O)OCC(=O)Nc2ccccc2C)nc2ccccc21. The Morgan fingerprint density at radius 2 is 1.84 bits per heavy atom. The van der Waals surface area contributed by atoms with Crippen LogP contribution in [0.5, 0.6) is 0 Å². The van der Waals surface area contributed by atoms with Gasteiger partial charge in [0.1, 0.15) is 5.69 Å². The molecule has 3 rings (SSSR count). The van der Waals surface area contributed by atoms with Gasteiger partial charge in [-0.05, 0) is 37.1 Å². The van der Waals surface area contributed by atoms with Crippen molar-refractivity contribution >= 4 is 28.6 Å². The van der Waals surface area contributed by atoms with Crippen LogP contribution in [0.15, 0.2) is 53.3 Å². The number of hydrogen-bond donors (Lipinski definition) is 1. The van der Waals surface area contributed by atoms with Crippen molar-refractivity contribution in [3.05, 3.63) is 70.1 Å². The van der Waals surface area contributed by atoms with E-state index in [0.717, 1.165) is 29.4 Å². The molecular formula is C24H27N3O4. The molecule has 0 aliphatic carbocycles. The molecule has 7 nitrogen and oxygen atoms in total. The van der Waals surface area contributed by atoms with Crippen LogP contribution in [-0.4, -0.2) is 28.0 Å². The van der Waals surface area contributed by atoms with Crippen LogP contribution in [0.2, 0.25) is 0 Å². The molecule has 1 amide bonds. The number of carbonyl (C=O) groups is 2. The number of aromatic nitrogens is 2. The van der Waals surface area contributed by atoms with Gasteiger partial charge in [0.2, 0.25) is 0 Å². The summed E-state index contributed by atoms with van der Waals surface area (Å²) < 4.78 is 6.80. The van der Waals surface area contributed by atoms with Crippen LogP contribution in [0, 0.1) is 6.92 Å². The molecule has 0 bridgehead atoms. The first-order valence-corrected chi connectivity index (χ1v) is 10.5. The Labute approximate surface area is 181 Å². The summed E-state index contributed by atoms with van der Waals surface area (Å²) >= 11 is 0. The number of nitrogens with zero attached hydrogens (tertiary/aromatic N) is 2. The second-order valence-corrected chi connectivity index (χ2v) is 7.38. The Bertz CT molecular complexity index is 1140. The number of ether oxygens (including phenoxy) is 1. The van der Waals surface area contributed by atoms with Gasteiger partial charge in [-0.15, -0.1) is 0 Å². The number of fused-ring (bicyclic) bond motifs is 1. The highest BCUT2D eigenvalue weighted by molar-refractivity contribution is 5.93. The van der Waals surface area contributed by atoms with Gasteiger partial charge in [-0.25, -0.2) is 4.98 Å². The number of unbranched alkanes of at least 4 members (excludes halogenated alkanes) is 1. The minimum Gasteiger partial charge on any atom is -0.456 e. The first kappa shape index (κ1) is 22.2. The number of carbonyl (C=O) groups excluding carboxylic acids is 2. The summed E-state index contributed by atoms with van der Waals surface area (Å²) in [7, 11) is 0. The van der Waals surface area contributed by atoms with E-state index in [1.165, 1.54) is 0 Å². The zero-order valence-electron chi connectivity index (χ0n) is 17.9. The minimum atomic E-state index is -0.547. The number of nitrogens with one attached hydrogen (secondary N) is 1. The molecule has 0 spiro atoms. The molecule has 1 aromatic heterocycles. The van der Waals surface area contributed by atoms with Crippen molar-refractivity contribution in [3.63, 3.8) is 0 Å². The Hall–Kier alpha value is -3.48. The fourth-order valence-electron chi connectivity index (χ4n) is 3.28. The third kappa shape index (κ3) is 5.78. The predicted octanol–water partition coefficient (Wildman–Crippen LogP) is 3.62. The molecule has 31 heavy (non-hydrogen) atoms. The van der Waals surface area contributed by atoms with E-state index in [9.17, 15) is 14.4 Å². The first-order valence-electron chi connectivity index (χ1n) is 10.5. The summed E-state index contributed by atoms with van der Waals surface area (Å²) in [4.78, 5) is 41.5. The maximum absolute atomic E-state index is 12.9. The summed E-state index contributed by atoms with van der Waals surface area (Å²) in [6.07, 6.45) is 1.99. The zero-order valence-corrected chi connectivity index (χ0v) is 17.9. The molecule has 0 saturated carbocycles. The van der Waals surface area contributed by atoms with Crippen LogP contribution in [0.3, 0.4) is 0 Å². The Morgan fingerprint density at radius 3 is 2.61 bits per heavy atom. The largest absolute Gasteiger partial charge is 0.456 e. The van der Waals surface area contributed by atoms with Crippen LogP contribution in [0.25, 0.3) is 11.0 Å². The van der Waals surface area contributed by atoms with Gasteiger partial charge in [-0.1, -0.05) is 43.7 Å². The topological polar surface area (TPSA) is 90.3 Å². The van der Waals surface area contributed by atoms with E-state index >= 15 is 0 Å². The molecule has 0 fully saturated rings. The molecule has 0 atom stereocenters. The van der Waals surface area contributed by atoms with Crippen LogP contribution in [-0.2, 0) is 27.3 Å². The molecule has 1 heterocycles. The molecule has 1 N–H and O–H groups in total. The smallest absolute Gasteiger partial charge is 0.306 e. The molecule has 3 aromatic rings. The normalized spacial score (nSPS) is 10.8. The summed E-state index contributed by atoms with van der Waals surface area (Å²) in [5, 5.41) is 2.71. The number of rotatable bonds is 9. The van der Waals surface area contributed by atoms with Crippen molar-refractivity contribution in [2.45, 2.75) is 46.1 Å². The van der Waals surface area contributed by atoms with E-state index in [2.05, 4.69) is 17.2 Å². The number of aryl methyl sites for hydroxylation is 3. The van der Waals surface area contributed by atoms with Crippen molar-refractivity contribution in [2.24, 2.45) is 0 Å². The zero-order chi connectivity index (χ0) is 22.2. The average molecular weight is 421 g/mol. The van der Waals surface area contributed by atoms with Gasteiger partial charge in [-0.2, -0.15) is 0 Å². The van der Waals surface area contributed by atoms with E-state index in [0.29, 0.717) is 17.9 Å². The first-order chi connectivity index (χ1) is 15.0. The van der Waals surface area contributed by atoms with Crippen molar-refractivity contribution < 1.29 is 14.3 Å². The van der Waals surface area contributed by atoms with E-state index < -0.39 is 11.9 Å². The number of anilines is 1. The van der Waals surface area contributed by atoms with Crippen LogP contribution < -0.4 is 10.9 Å². The molecule has 7 heteroatoms. The van der Waals surface area contributed by atoms with Gasteiger partial charge >= 0.3 is 5.97 Å². The van der Waals surface area contributed by atoms with E-state index in [1.54, 1.807) is 10.6 Å². The van der Waals surface area contributed by atoms with Crippen LogP contribution >= 0.6 is 0 Å². The maximum atomic E-state index is 12.9. The highest BCUT2D eigenvalue weighted by atomic mass is 16.5. The van der Waals surface area contributed by atoms with E-state index in [-0.39, 0.29) is 25.0 Å². The summed E-state index contributed by atoms with van der Waals surface area (Å²) in [6.45, 7) is 4.18. The van der Waals surface area contributed by atoms with Gasteiger partial charge < -0.3 is 14.6 Å². The number of amides is 1. The molecule has 0 unspecified atom stereocenters. The molecule has 0 saturated heterocycles. The lowest BCUT2D eigenvalue weighted by Crippen LogP contribution is -2.27. The Balaban J connectivity index is 1.61. The van der Waals surface area contributed by atoms with Crippen molar-refractivity contribution in [3.8, 4) is 0 Å². The van der Waals surface area contributed by atoms with E-state index in [1.807, 2.05) is 49.4 Å². The number of esters is 1. The summed E-state index contributed by atoms with van der Waals surface area (Å²) in [6, 6.07) is 14.8. The second-order valence-electron chi connectivity index (χ2n) is 7.38. The fourth-order valence-corrected chi connectivity index (χ4v) is 3.28. The molecule has 2 aromatic carbocycles. The number of hydrogen-bond acceptors (Lipinski definition) is 5. The molecule has 0 aliphatic heterocycles. The molecule has 0 aliphatic rings. The summed E-state index contributed by atoms with van der Waals surface area (Å²) in [5.74, 6) is -0.956. The van der Waals surface area contributed by atoms with Gasteiger partial charge in [0, 0.05) is 18.7 Å². The van der Waals surface area contributed by atoms with Crippen molar-refractivity contribution in [2.75, 3.05) is 11.9 Å². The van der Waals surface area contributed by atoms with Crippen molar-refractivity contribution in [1.82, 2.24) is 9.55 Å². The highest BCUT2D eigenvalue weighted by Crippen LogP contribution is 2.13. The monoisotopic (exact) mass is 421 g/mol. The molecular weight excluding hydrogens is 394 g/mol. The lowest BCUT2D eigenvalue weighted by molar-refractivity contribution is -0.147. The minimum absolute atomic E-state index is 0.0218. The lowest BCUT2D eigenvalue weighted by atomic mass is 10.2. The number of benzene rings is 2. The van der Waals surface area contributed by atoms with Gasteiger partial charge in [-0.3, -0.25) is 14.4 Å². The fraction of sp³-hybridized carbons (Fsp3) is 0.333. The number of para-hydroxylation sites is 3. The quantitative estimate of drug-likeness (QED) is 0.533. The van der Waals surface area contributed by atoms with Crippen molar-refractivity contribution in [1.29, 1.82) is 0 Å². The van der Waals surface area contributed by atoms with Gasteiger partial charge in [0.15, 0.2) is 6.61 Å². The van der Waals surface area contributed by atoms with Crippen LogP contribution in [0.1, 0.15) is 37.4 Å². The third-order valence-corrected chi connectivity index (χ3v) is 5.00. The molecule has 162 valence electrons. The molecule has 0 radical (unpaired) electrons. The average Bonchev–Trinajstić information content (AvgIpc) is 2.77. The highest BCUT2D eigenvalue weighted by Gasteiger charge is 2.14. The lowest BCUT2D eigenvalue weighted by Gasteiger charge is -2.12.